The molecule has 0 spiro atoms. The Labute approximate surface area is 195 Å². The number of carbonyl (C=O) groups excluding carboxylic acids is 1. The number of sulfone groups is 1. The van der Waals surface area contributed by atoms with Crippen LogP contribution in [0.4, 0.5) is 5.69 Å². The molecule has 1 heterocycles. The van der Waals surface area contributed by atoms with Crippen LogP contribution >= 0.6 is 0 Å². The maximum absolute atomic E-state index is 13.1. The monoisotopic (exact) mass is 464 g/mol. The van der Waals surface area contributed by atoms with Crippen LogP contribution in [0.5, 0.6) is 5.75 Å². The number of rotatable bonds is 8. The summed E-state index contributed by atoms with van der Waals surface area (Å²) in [6.07, 6.45) is 0.534. The molecule has 1 amide bonds. The Balaban J connectivity index is 1.52. The zero-order chi connectivity index (χ0) is 23.3. The van der Waals surface area contributed by atoms with E-state index in [0.717, 1.165) is 28.1 Å². The summed E-state index contributed by atoms with van der Waals surface area (Å²) < 4.78 is 29.5. The van der Waals surface area contributed by atoms with Gasteiger partial charge in [0.25, 0.3) is 0 Å². The molecule has 0 aromatic heterocycles. The van der Waals surface area contributed by atoms with Crippen molar-refractivity contribution in [1.29, 1.82) is 0 Å². The molecule has 1 N–H and O–H groups in total. The van der Waals surface area contributed by atoms with E-state index >= 15 is 0 Å². The van der Waals surface area contributed by atoms with Crippen molar-refractivity contribution in [3.63, 3.8) is 0 Å². The van der Waals surface area contributed by atoms with Gasteiger partial charge in [0.1, 0.15) is 5.75 Å². The van der Waals surface area contributed by atoms with Crippen LogP contribution in [-0.4, -0.2) is 50.4 Å². The molecule has 0 radical (unpaired) electrons. The molecular weight excluding hydrogens is 436 g/mol. The second-order valence-corrected chi connectivity index (χ2v) is 10.5. The molecule has 1 aliphatic heterocycles. The summed E-state index contributed by atoms with van der Waals surface area (Å²) in [7, 11) is -1.46. The first kappa shape index (κ1) is 23.0. The van der Waals surface area contributed by atoms with E-state index in [1.54, 1.807) is 7.11 Å². The number of ether oxygens (including phenoxy) is 1. The average molecular weight is 465 g/mol. The Morgan fingerprint density at radius 2 is 1.70 bits per heavy atom. The number of benzene rings is 3. The van der Waals surface area contributed by atoms with Crippen LogP contribution in [0, 0.1) is 0 Å². The molecule has 1 atom stereocenters. The molecule has 1 aliphatic rings. The number of nitrogens with one attached hydrogen (secondary N) is 1. The summed E-state index contributed by atoms with van der Waals surface area (Å²) in [5.41, 5.74) is 3.69. The Hall–Kier alpha value is -3.16. The maximum Gasteiger partial charge on any atom is 0.238 e. The zero-order valence-electron chi connectivity index (χ0n) is 18.6. The molecule has 33 heavy (non-hydrogen) atoms. The van der Waals surface area contributed by atoms with Gasteiger partial charge in [-0.05, 0) is 35.7 Å². The molecule has 6 nitrogen and oxygen atoms in total. The third-order valence-electron chi connectivity index (χ3n) is 5.90. The molecule has 0 saturated carbocycles. The van der Waals surface area contributed by atoms with Crippen LogP contribution in [0.3, 0.4) is 0 Å². The fourth-order valence-electron chi connectivity index (χ4n) is 4.18. The molecule has 0 aliphatic carbocycles. The van der Waals surface area contributed by atoms with Crippen LogP contribution in [0.15, 0.2) is 78.9 Å². The van der Waals surface area contributed by atoms with Gasteiger partial charge in [-0.25, -0.2) is 8.42 Å². The summed E-state index contributed by atoms with van der Waals surface area (Å²) in [4.78, 5) is 15.1. The second-order valence-electron chi connectivity index (χ2n) is 8.27. The first-order valence-electron chi connectivity index (χ1n) is 11.0. The number of carbonyl (C=O) groups is 1. The lowest BCUT2D eigenvalue weighted by molar-refractivity contribution is -0.117. The molecule has 172 valence electrons. The summed E-state index contributed by atoms with van der Waals surface area (Å²) in [6.45, 7) is 0.591. The smallest absolute Gasteiger partial charge is 0.238 e. The molecule has 1 fully saturated rings. The highest BCUT2D eigenvalue weighted by Gasteiger charge is 2.33. The van der Waals surface area contributed by atoms with E-state index in [1.165, 1.54) is 0 Å². The van der Waals surface area contributed by atoms with Crippen molar-refractivity contribution in [2.75, 3.05) is 30.5 Å². The largest absolute Gasteiger partial charge is 0.497 e. The van der Waals surface area contributed by atoms with Gasteiger partial charge in [0, 0.05) is 23.8 Å². The quantitative estimate of drug-likeness (QED) is 0.546. The number of methoxy groups -OCH3 is 1. The van der Waals surface area contributed by atoms with Crippen molar-refractivity contribution in [1.82, 2.24) is 4.90 Å². The third-order valence-corrected chi connectivity index (χ3v) is 7.65. The number of hydrogen-bond donors (Lipinski definition) is 1. The van der Waals surface area contributed by atoms with E-state index < -0.39 is 9.84 Å². The van der Waals surface area contributed by atoms with Crippen LogP contribution in [0.1, 0.15) is 12.0 Å². The summed E-state index contributed by atoms with van der Waals surface area (Å²) >= 11 is 0. The van der Waals surface area contributed by atoms with Gasteiger partial charge in [-0.1, -0.05) is 60.7 Å². The normalized spacial score (nSPS) is 17.1. The van der Waals surface area contributed by atoms with Crippen molar-refractivity contribution < 1.29 is 17.9 Å². The Morgan fingerprint density at radius 3 is 2.36 bits per heavy atom. The van der Waals surface area contributed by atoms with Crippen molar-refractivity contribution >= 4 is 21.4 Å². The topological polar surface area (TPSA) is 75.7 Å². The van der Waals surface area contributed by atoms with E-state index in [4.69, 9.17) is 4.74 Å². The zero-order valence-corrected chi connectivity index (χ0v) is 19.4. The van der Waals surface area contributed by atoms with E-state index in [0.29, 0.717) is 13.0 Å². The SMILES string of the molecule is COc1ccc(CN(CC(=O)Nc2ccccc2-c2ccccc2)C2CCS(=O)(=O)C2)cc1. The van der Waals surface area contributed by atoms with Gasteiger partial charge in [0.05, 0.1) is 25.2 Å². The fraction of sp³-hybridized carbons (Fsp3) is 0.269. The van der Waals surface area contributed by atoms with E-state index in [1.807, 2.05) is 83.8 Å². The molecular formula is C26H28N2O4S. The molecule has 4 rings (SSSR count). The summed E-state index contributed by atoms with van der Waals surface area (Å²) in [5.74, 6) is 0.826. The van der Waals surface area contributed by atoms with E-state index in [9.17, 15) is 13.2 Å². The van der Waals surface area contributed by atoms with Crippen molar-refractivity contribution in [3.05, 3.63) is 84.4 Å². The molecule has 1 saturated heterocycles. The van der Waals surface area contributed by atoms with Gasteiger partial charge in [-0.3, -0.25) is 9.69 Å². The fourth-order valence-corrected chi connectivity index (χ4v) is 5.94. The van der Waals surface area contributed by atoms with Crippen LogP contribution in [-0.2, 0) is 21.2 Å². The first-order chi connectivity index (χ1) is 15.9. The number of para-hydroxylation sites is 1. The Morgan fingerprint density at radius 1 is 1.00 bits per heavy atom. The number of anilines is 1. The number of amides is 1. The number of nitrogens with zero attached hydrogens (tertiary/aromatic N) is 1. The minimum atomic E-state index is -3.07. The average Bonchev–Trinajstić information content (AvgIpc) is 3.19. The first-order valence-corrected chi connectivity index (χ1v) is 12.8. The predicted molar refractivity (Wildman–Crippen MR) is 131 cm³/mol. The highest BCUT2D eigenvalue weighted by molar-refractivity contribution is 7.91. The molecule has 3 aromatic rings. The van der Waals surface area contributed by atoms with Crippen molar-refractivity contribution in [2.24, 2.45) is 0 Å². The number of hydrogen-bond acceptors (Lipinski definition) is 5. The standard InChI is InChI=1S/C26H28N2O4S/c1-32-23-13-11-20(12-14-23)17-28(22-15-16-33(30,31)19-22)18-26(29)27-25-10-6-5-9-24(25)21-7-3-2-4-8-21/h2-14,22H,15-19H2,1H3,(H,27,29). The lowest BCUT2D eigenvalue weighted by atomic mass is 10.0. The van der Waals surface area contributed by atoms with Crippen LogP contribution < -0.4 is 10.1 Å². The highest BCUT2D eigenvalue weighted by atomic mass is 32.2. The Bertz CT molecular complexity index is 1190. The molecule has 0 bridgehead atoms. The third kappa shape index (κ3) is 6.00. The lowest BCUT2D eigenvalue weighted by Gasteiger charge is -2.27. The highest BCUT2D eigenvalue weighted by Crippen LogP contribution is 2.28. The van der Waals surface area contributed by atoms with Gasteiger partial charge >= 0.3 is 0 Å². The van der Waals surface area contributed by atoms with Gasteiger partial charge < -0.3 is 10.1 Å². The second kappa shape index (κ2) is 10.2. The lowest BCUT2D eigenvalue weighted by Crippen LogP contribution is -2.41. The molecule has 7 heteroatoms. The van der Waals surface area contributed by atoms with E-state index in [-0.39, 0.29) is 30.0 Å². The van der Waals surface area contributed by atoms with Gasteiger partial charge in [0.15, 0.2) is 9.84 Å². The van der Waals surface area contributed by atoms with Crippen LogP contribution in [0.25, 0.3) is 11.1 Å². The predicted octanol–water partition coefficient (Wildman–Crippen LogP) is 3.99. The van der Waals surface area contributed by atoms with Gasteiger partial charge in [0.2, 0.25) is 5.91 Å². The van der Waals surface area contributed by atoms with Crippen molar-refractivity contribution in [3.8, 4) is 16.9 Å². The molecule has 1 unspecified atom stereocenters. The minimum Gasteiger partial charge on any atom is -0.497 e. The summed E-state index contributed by atoms with van der Waals surface area (Å²) in [6, 6.07) is 25.0. The van der Waals surface area contributed by atoms with Gasteiger partial charge in [-0.2, -0.15) is 0 Å². The summed E-state index contributed by atoms with van der Waals surface area (Å²) in [5, 5.41) is 3.04. The maximum atomic E-state index is 13.1. The van der Waals surface area contributed by atoms with Crippen LogP contribution in [0.2, 0.25) is 0 Å². The minimum absolute atomic E-state index is 0.0804. The Kier molecular flexibility index (Phi) is 7.11. The van der Waals surface area contributed by atoms with Crippen molar-refractivity contribution in [2.45, 2.75) is 19.0 Å². The van der Waals surface area contributed by atoms with Gasteiger partial charge in [-0.15, -0.1) is 0 Å². The molecule has 3 aromatic carbocycles. The van der Waals surface area contributed by atoms with E-state index in [2.05, 4.69) is 5.32 Å².